The lowest BCUT2D eigenvalue weighted by Crippen LogP contribution is -2.39. The Labute approximate surface area is 173 Å². The van der Waals surface area contributed by atoms with Gasteiger partial charge in [-0.15, -0.1) is 0 Å². The number of rotatable bonds is 6. The predicted molar refractivity (Wildman–Crippen MR) is 112 cm³/mol. The topological polar surface area (TPSA) is 52.6 Å². The summed E-state index contributed by atoms with van der Waals surface area (Å²) in [5, 5.41) is 13.4. The van der Waals surface area contributed by atoms with E-state index < -0.39 is 6.10 Å². The molecular weight excluding hydrogens is 516 g/mol. The number of halogens is 3. The Bertz CT molecular complexity index is 717. The summed E-state index contributed by atoms with van der Waals surface area (Å²) < 4.78 is 2.46. The molecule has 2 aromatic carbocycles. The van der Waals surface area contributed by atoms with Crippen molar-refractivity contribution in [2.75, 3.05) is 18.9 Å². The average molecular weight is 535 g/mol. The lowest BCUT2D eigenvalue weighted by Gasteiger charge is -2.28. The maximum Gasteiger partial charge on any atom is 0.238 e. The van der Waals surface area contributed by atoms with E-state index in [9.17, 15) is 9.90 Å². The van der Waals surface area contributed by atoms with E-state index in [0.29, 0.717) is 5.69 Å². The van der Waals surface area contributed by atoms with E-state index in [1.807, 2.05) is 61.3 Å². The number of nitrogens with one attached hydrogen (secondary N) is 1. The van der Waals surface area contributed by atoms with Crippen molar-refractivity contribution in [1.29, 1.82) is 0 Å². The molecule has 0 radical (unpaired) electrons. The molecular formula is C18H19Br3N2O2. The molecule has 2 N–H and O–H groups in total. The molecule has 2 aromatic rings. The highest BCUT2D eigenvalue weighted by atomic mass is 79.9. The van der Waals surface area contributed by atoms with Crippen LogP contribution in [0.5, 0.6) is 0 Å². The molecule has 2 unspecified atom stereocenters. The van der Waals surface area contributed by atoms with Crippen molar-refractivity contribution in [2.24, 2.45) is 0 Å². The van der Waals surface area contributed by atoms with Gasteiger partial charge in [0.25, 0.3) is 0 Å². The highest BCUT2D eigenvalue weighted by Gasteiger charge is 2.22. The highest BCUT2D eigenvalue weighted by molar-refractivity contribution is 9.11. The van der Waals surface area contributed by atoms with Gasteiger partial charge in [-0.2, -0.15) is 0 Å². The van der Waals surface area contributed by atoms with Gasteiger partial charge in [-0.05, 0) is 63.5 Å². The van der Waals surface area contributed by atoms with Gasteiger partial charge in [-0.25, -0.2) is 0 Å². The Balaban J connectivity index is 2.00. The smallest absolute Gasteiger partial charge is 0.238 e. The number of hydrogen-bond donors (Lipinski definition) is 2. The van der Waals surface area contributed by atoms with Gasteiger partial charge < -0.3 is 10.4 Å². The summed E-state index contributed by atoms with van der Waals surface area (Å²) in [6, 6.07) is 13.0. The minimum atomic E-state index is -0.662. The van der Waals surface area contributed by atoms with E-state index >= 15 is 0 Å². The van der Waals surface area contributed by atoms with Gasteiger partial charge in [0.05, 0.1) is 18.3 Å². The van der Waals surface area contributed by atoms with Crippen molar-refractivity contribution in [1.82, 2.24) is 4.90 Å². The summed E-state index contributed by atoms with van der Waals surface area (Å²) in [6.45, 7) is 2.07. The van der Waals surface area contributed by atoms with Crippen LogP contribution in [0.2, 0.25) is 0 Å². The van der Waals surface area contributed by atoms with E-state index in [-0.39, 0.29) is 18.5 Å². The van der Waals surface area contributed by atoms with Crippen LogP contribution in [0.4, 0.5) is 5.69 Å². The van der Waals surface area contributed by atoms with Crippen molar-refractivity contribution < 1.29 is 9.90 Å². The standard InChI is InChI=1S/C18H19Br3N2O2/c1-11(18(25)12-6-4-3-5-7-12)23(2)10-16(24)22-17-14(20)8-13(19)9-15(17)21/h3-9,11,18,25H,10H2,1-2H3,(H,22,24). The summed E-state index contributed by atoms with van der Waals surface area (Å²) in [5.41, 5.74) is 1.51. The van der Waals surface area contributed by atoms with Crippen molar-refractivity contribution in [3.05, 3.63) is 61.4 Å². The third kappa shape index (κ3) is 5.62. The van der Waals surface area contributed by atoms with Crippen molar-refractivity contribution in [3.63, 3.8) is 0 Å². The zero-order valence-electron chi connectivity index (χ0n) is 13.8. The Hall–Kier alpha value is -0.730. The molecule has 0 spiro atoms. The molecule has 2 rings (SSSR count). The molecule has 0 aromatic heterocycles. The fraction of sp³-hybridized carbons (Fsp3) is 0.278. The SMILES string of the molecule is CC(C(O)c1ccccc1)N(C)CC(=O)Nc1c(Br)cc(Br)cc1Br. The lowest BCUT2D eigenvalue weighted by molar-refractivity contribution is -0.117. The van der Waals surface area contributed by atoms with E-state index in [0.717, 1.165) is 19.0 Å². The van der Waals surface area contributed by atoms with Crippen LogP contribution in [-0.4, -0.2) is 35.5 Å². The van der Waals surface area contributed by atoms with Crippen molar-refractivity contribution >= 4 is 59.4 Å². The van der Waals surface area contributed by atoms with Gasteiger partial charge in [0.1, 0.15) is 0 Å². The minimum Gasteiger partial charge on any atom is -0.387 e. The van der Waals surface area contributed by atoms with Gasteiger partial charge in [-0.3, -0.25) is 9.69 Å². The molecule has 0 aliphatic heterocycles. The zero-order valence-corrected chi connectivity index (χ0v) is 18.6. The summed E-state index contributed by atoms with van der Waals surface area (Å²) >= 11 is 10.3. The second-order valence-electron chi connectivity index (χ2n) is 5.80. The average Bonchev–Trinajstić information content (AvgIpc) is 2.57. The summed E-state index contributed by atoms with van der Waals surface area (Å²) in [7, 11) is 1.82. The summed E-state index contributed by atoms with van der Waals surface area (Å²) in [5.74, 6) is -0.154. The number of aliphatic hydroxyl groups excluding tert-OH is 1. The Morgan fingerprint density at radius 1 is 1.16 bits per heavy atom. The summed E-state index contributed by atoms with van der Waals surface area (Å²) in [6.07, 6.45) is -0.662. The van der Waals surface area contributed by atoms with Gasteiger partial charge in [0, 0.05) is 19.5 Å². The van der Waals surface area contributed by atoms with E-state index in [4.69, 9.17) is 0 Å². The van der Waals surface area contributed by atoms with Crippen LogP contribution in [-0.2, 0) is 4.79 Å². The van der Waals surface area contributed by atoms with Crippen molar-refractivity contribution in [3.8, 4) is 0 Å². The molecule has 0 saturated carbocycles. The van der Waals surface area contributed by atoms with Crippen LogP contribution < -0.4 is 5.32 Å². The third-order valence-electron chi connectivity index (χ3n) is 3.96. The third-order valence-corrected chi connectivity index (χ3v) is 5.67. The number of hydrogen-bond acceptors (Lipinski definition) is 3. The molecule has 2 atom stereocenters. The molecule has 0 bridgehead atoms. The number of carbonyl (C=O) groups is 1. The zero-order chi connectivity index (χ0) is 18.6. The maximum absolute atomic E-state index is 12.4. The normalized spacial score (nSPS) is 13.6. The second kappa shape index (κ2) is 9.28. The van der Waals surface area contributed by atoms with Gasteiger partial charge in [0.2, 0.25) is 5.91 Å². The van der Waals surface area contributed by atoms with Crippen LogP contribution in [0.3, 0.4) is 0 Å². The Morgan fingerprint density at radius 2 is 1.72 bits per heavy atom. The molecule has 134 valence electrons. The first-order valence-corrected chi connectivity index (χ1v) is 10.0. The van der Waals surface area contributed by atoms with Crippen LogP contribution >= 0.6 is 47.8 Å². The second-order valence-corrected chi connectivity index (χ2v) is 8.43. The predicted octanol–water partition coefficient (Wildman–Crippen LogP) is 4.97. The van der Waals surface area contributed by atoms with Crippen LogP contribution in [0.1, 0.15) is 18.6 Å². The maximum atomic E-state index is 12.4. The lowest BCUT2D eigenvalue weighted by atomic mass is 10.0. The largest absolute Gasteiger partial charge is 0.387 e. The number of anilines is 1. The van der Waals surface area contributed by atoms with Gasteiger partial charge >= 0.3 is 0 Å². The number of nitrogens with zero attached hydrogens (tertiary/aromatic N) is 1. The number of likely N-dealkylation sites (N-methyl/N-ethyl adjacent to an activating group) is 1. The van der Waals surface area contributed by atoms with Crippen LogP contribution in [0, 0.1) is 0 Å². The minimum absolute atomic E-state index is 0.154. The molecule has 4 nitrogen and oxygen atoms in total. The Kier molecular flexibility index (Phi) is 7.64. The fourth-order valence-corrected chi connectivity index (χ4v) is 4.84. The van der Waals surface area contributed by atoms with Crippen LogP contribution in [0.25, 0.3) is 0 Å². The number of amides is 1. The molecule has 7 heteroatoms. The molecule has 0 aliphatic rings. The number of carbonyl (C=O) groups excluding carboxylic acids is 1. The molecule has 0 aliphatic carbocycles. The molecule has 0 heterocycles. The Morgan fingerprint density at radius 3 is 2.28 bits per heavy atom. The van der Waals surface area contributed by atoms with Gasteiger partial charge in [-0.1, -0.05) is 46.3 Å². The molecule has 25 heavy (non-hydrogen) atoms. The monoisotopic (exact) mass is 532 g/mol. The first kappa shape index (κ1) is 20.6. The molecule has 0 fully saturated rings. The first-order valence-electron chi connectivity index (χ1n) is 7.67. The van der Waals surface area contributed by atoms with Crippen LogP contribution in [0.15, 0.2) is 55.9 Å². The quantitative estimate of drug-likeness (QED) is 0.550. The highest BCUT2D eigenvalue weighted by Crippen LogP contribution is 2.34. The number of aliphatic hydroxyl groups is 1. The van der Waals surface area contributed by atoms with Crippen molar-refractivity contribution in [2.45, 2.75) is 19.1 Å². The van der Waals surface area contributed by atoms with Gasteiger partial charge in [0.15, 0.2) is 0 Å². The first-order chi connectivity index (χ1) is 11.8. The van der Waals surface area contributed by atoms with E-state index in [1.165, 1.54) is 0 Å². The fourth-order valence-electron chi connectivity index (χ4n) is 2.38. The molecule has 0 saturated heterocycles. The van der Waals surface area contributed by atoms with E-state index in [1.54, 1.807) is 0 Å². The molecule has 1 amide bonds. The number of benzene rings is 2. The van der Waals surface area contributed by atoms with E-state index in [2.05, 4.69) is 53.1 Å². The summed E-state index contributed by atoms with van der Waals surface area (Å²) in [4.78, 5) is 14.2.